The number of benzene rings is 3. The maximum Gasteiger partial charge on any atom is 0.322 e. The Labute approximate surface area is 208 Å². The number of rotatable bonds is 8. The summed E-state index contributed by atoms with van der Waals surface area (Å²) >= 11 is 0. The molecule has 1 N–H and O–H groups in total. The lowest BCUT2D eigenvalue weighted by atomic mass is 10.1. The number of urea groups is 1. The van der Waals surface area contributed by atoms with Crippen molar-refractivity contribution in [1.82, 2.24) is 10.1 Å². The first-order valence-electron chi connectivity index (χ1n) is 11.3. The second-order valence-electron chi connectivity index (χ2n) is 8.09. The van der Waals surface area contributed by atoms with Crippen LogP contribution in [0.1, 0.15) is 11.3 Å². The van der Waals surface area contributed by atoms with Crippen LogP contribution in [0.5, 0.6) is 23.0 Å². The minimum atomic E-state index is -0.273. The van der Waals surface area contributed by atoms with Gasteiger partial charge >= 0.3 is 6.03 Å². The number of hydrogen-bond acceptors (Lipinski definition) is 7. The first kappa shape index (κ1) is 23.1. The highest BCUT2D eigenvalue weighted by atomic mass is 16.7. The second kappa shape index (κ2) is 10.3. The van der Waals surface area contributed by atoms with E-state index in [0.29, 0.717) is 46.7 Å². The minimum Gasteiger partial charge on any atom is -0.497 e. The number of para-hydroxylation sites is 1. The van der Waals surface area contributed by atoms with E-state index >= 15 is 0 Å². The van der Waals surface area contributed by atoms with E-state index in [-0.39, 0.29) is 19.4 Å². The van der Waals surface area contributed by atoms with Crippen LogP contribution < -0.4 is 24.3 Å². The van der Waals surface area contributed by atoms with Gasteiger partial charge in [0, 0.05) is 24.4 Å². The Bertz CT molecular complexity index is 1350. The number of aromatic nitrogens is 1. The van der Waals surface area contributed by atoms with Crippen molar-refractivity contribution in [3.8, 4) is 34.3 Å². The minimum absolute atomic E-state index is 0.188. The van der Waals surface area contributed by atoms with Crippen LogP contribution in [0.4, 0.5) is 10.5 Å². The van der Waals surface area contributed by atoms with Crippen LogP contribution in [0, 0.1) is 0 Å². The highest BCUT2D eigenvalue weighted by molar-refractivity contribution is 5.89. The normalized spacial score (nSPS) is 11.7. The topological polar surface area (TPSA) is 95.3 Å². The van der Waals surface area contributed by atoms with Gasteiger partial charge in [0.25, 0.3) is 0 Å². The standard InChI is InChI=1S/C27H25N3O6/c1-32-21-9-10-22(24(14-21)33-2)25-13-20(29-36-25)16-30(27(31)28-19-6-4-3-5-7-19)15-18-8-11-23-26(12-18)35-17-34-23/h3-14H,15-17H2,1-2H3,(H,28,31). The van der Waals surface area contributed by atoms with Crippen molar-refractivity contribution in [2.75, 3.05) is 26.3 Å². The Morgan fingerprint density at radius 2 is 1.78 bits per heavy atom. The van der Waals surface area contributed by atoms with Gasteiger partial charge in [0.1, 0.15) is 17.2 Å². The summed E-state index contributed by atoms with van der Waals surface area (Å²) in [5.41, 5.74) is 2.91. The molecule has 0 saturated carbocycles. The third kappa shape index (κ3) is 5.05. The van der Waals surface area contributed by atoms with Crippen molar-refractivity contribution < 1.29 is 28.3 Å². The molecule has 4 aromatic rings. The van der Waals surface area contributed by atoms with Crippen molar-refractivity contribution in [2.45, 2.75) is 13.1 Å². The molecule has 1 aromatic heterocycles. The number of nitrogens with zero attached hydrogens (tertiary/aromatic N) is 2. The van der Waals surface area contributed by atoms with Crippen LogP contribution >= 0.6 is 0 Å². The van der Waals surface area contributed by atoms with Crippen molar-refractivity contribution in [3.05, 3.63) is 84.1 Å². The average molecular weight is 488 g/mol. The summed E-state index contributed by atoms with van der Waals surface area (Å²) in [7, 11) is 3.17. The second-order valence-corrected chi connectivity index (χ2v) is 8.09. The van der Waals surface area contributed by atoms with E-state index in [0.717, 1.165) is 11.1 Å². The lowest BCUT2D eigenvalue weighted by Gasteiger charge is -2.22. The van der Waals surface area contributed by atoms with E-state index in [1.165, 1.54) is 0 Å². The van der Waals surface area contributed by atoms with E-state index in [1.807, 2.05) is 60.7 Å². The molecule has 0 bridgehead atoms. The lowest BCUT2D eigenvalue weighted by molar-refractivity contribution is 0.174. The zero-order chi connectivity index (χ0) is 24.9. The largest absolute Gasteiger partial charge is 0.497 e. The summed E-state index contributed by atoms with van der Waals surface area (Å²) in [6.45, 7) is 0.728. The molecule has 1 aliphatic heterocycles. The van der Waals surface area contributed by atoms with E-state index in [4.69, 9.17) is 23.5 Å². The molecule has 184 valence electrons. The van der Waals surface area contributed by atoms with Crippen LogP contribution in [0.2, 0.25) is 0 Å². The number of carbonyl (C=O) groups is 1. The molecule has 0 fully saturated rings. The molecule has 1 aliphatic rings. The highest BCUT2D eigenvalue weighted by Gasteiger charge is 2.21. The van der Waals surface area contributed by atoms with E-state index in [9.17, 15) is 4.79 Å². The molecule has 5 rings (SSSR count). The smallest absolute Gasteiger partial charge is 0.322 e. The Kier molecular flexibility index (Phi) is 6.61. The zero-order valence-corrected chi connectivity index (χ0v) is 19.9. The van der Waals surface area contributed by atoms with Gasteiger partial charge in [-0.05, 0) is 42.0 Å². The Morgan fingerprint density at radius 3 is 2.58 bits per heavy atom. The molecule has 0 radical (unpaired) electrons. The van der Waals surface area contributed by atoms with Gasteiger partial charge in [-0.15, -0.1) is 0 Å². The fourth-order valence-corrected chi connectivity index (χ4v) is 3.89. The number of methoxy groups -OCH3 is 2. The third-order valence-corrected chi connectivity index (χ3v) is 5.71. The number of ether oxygens (including phenoxy) is 4. The summed E-state index contributed by atoms with van der Waals surface area (Å²) < 4.78 is 27.3. The Morgan fingerprint density at radius 1 is 0.944 bits per heavy atom. The molecule has 2 amide bonds. The van der Waals surface area contributed by atoms with Gasteiger partial charge in [-0.25, -0.2) is 4.79 Å². The Balaban J connectivity index is 1.39. The summed E-state index contributed by atoms with van der Waals surface area (Å²) in [5, 5.41) is 7.15. The summed E-state index contributed by atoms with van der Waals surface area (Å²) in [4.78, 5) is 14.9. The fourth-order valence-electron chi connectivity index (χ4n) is 3.89. The SMILES string of the molecule is COc1ccc(-c2cc(CN(Cc3ccc4c(c3)OCO4)C(=O)Nc3ccccc3)no2)c(OC)c1. The lowest BCUT2D eigenvalue weighted by Crippen LogP contribution is -2.34. The predicted octanol–water partition coefficient (Wildman–Crippen LogP) is 5.32. The maximum absolute atomic E-state index is 13.3. The monoisotopic (exact) mass is 487 g/mol. The molecule has 0 unspecified atom stereocenters. The van der Waals surface area contributed by atoms with Crippen LogP contribution in [-0.4, -0.2) is 37.1 Å². The first-order valence-corrected chi connectivity index (χ1v) is 11.3. The van der Waals surface area contributed by atoms with Gasteiger partial charge in [-0.1, -0.05) is 29.4 Å². The molecule has 0 spiro atoms. The third-order valence-electron chi connectivity index (χ3n) is 5.71. The van der Waals surface area contributed by atoms with Crippen LogP contribution in [0.3, 0.4) is 0 Å². The molecule has 36 heavy (non-hydrogen) atoms. The summed E-state index contributed by atoms with van der Waals surface area (Å²) in [5.74, 6) is 3.13. The van der Waals surface area contributed by atoms with Gasteiger partial charge in [0.15, 0.2) is 17.3 Å². The van der Waals surface area contributed by atoms with E-state index < -0.39 is 0 Å². The quantitative estimate of drug-likeness (QED) is 0.359. The van der Waals surface area contributed by atoms with Crippen molar-refractivity contribution in [1.29, 1.82) is 0 Å². The van der Waals surface area contributed by atoms with Gasteiger partial charge in [-0.3, -0.25) is 0 Å². The Hall–Kier alpha value is -4.66. The van der Waals surface area contributed by atoms with Gasteiger partial charge < -0.3 is 33.7 Å². The number of carbonyl (C=O) groups excluding carboxylic acids is 1. The molecular formula is C27H25N3O6. The number of fused-ring (bicyclic) bond motifs is 1. The predicted molar refractivity (Wildman–Crippen MR) is 132 cm³/mol. The highest BCUT2D eigenvalue weighted by Crippen LogP contribution is 2.35. The van der Waals surface area contributed by atoms with Crippen molar-refractivity contribution in [2.24, 2.45) is 0 Å². The van der Waals surface area contributed by atoms with Crippen molar-refractivity contribution >= 4 is 11.7 Å². The van der Waals surface area contributed by atoms with E-state index in [2.05, 4.69) is 10.5 Å². The average Bonchev–Trinajstić information content (AvgIpc) is 3.58. The molecule has 0 atom stereocenters. The summed E-state index contributed by atoms with van der Waals surface area (Å²) in [6, 6.07) is 21.9. The first-order chi connectivity index (χ1) is 17.6. The number of nitrogens with one attached hydrogen (secondary N) is 1. The molecular weight excluding hydrogens is 462 g/mol. The summed E-state index contributed by atoms with van der Waals surface area (Å²) in [6.07, 6.45) is 0. The molecule has 2 heterocycles. The van der Waals surface area contributed by atoms with Gasteiger partial charge in [0.2, 0.25) is 6.79 Å². The molecule has 3 aromatic carbocycles. The fraction of sp³-hybridized carbons (Fsp3) is 0.185. The molecule has 0 aliphatic carbocycles. The van der Waals surface area contributed by atoms with E-state index in [1.54, 1.807) is 31.3 Å². The van der Waals surface area contributed by atoms with Crippen molar-refractivity contribution in [3.63, 3.8) is 0 Å². The molecule has 9 heteroatoms. The number of amides is 2. The maximum atomic E-state index is 13.3. The molecule has 0 saturated heterocycles. The van der Waals surface area contributed by atoms with Crippen LogP contribution in [0.25, 0.3) is 11.3 Å². The number of anilines is 1. The van der Waals surface area contributed by atoms with Gasteiger partial charge in [-0.2, -0.15) is 0 Å². The van der Waals surface area contributed by atoms with Crippen LogP contribution in [-0.2, 0) is 13.1 Å². The molecule has 9 nitrogen and oxygen atoms in total. The van der Waals surface area contributed by atoms with Crippen LogP contribution in [0.15, 0.2) is 77.3 Å². The number of hydrogen-bond donors (Lipinski definition) is 1. The van der Waals surface area contributed by atoms with Gasteiger partial charge in [0.05, 0.1) is 26.3 Å². The zero-order valence-electron chi connectivity index (χ0n) is 19.9.